The molecular weight excluding hydrogens is 338 g/mol. The zero-order chi connectivity index (χ0) is 19.1. The van der Waals surface area contributed by atoms with Gasteiger partial charge in [0.15, 0.2) is 0 Å². The van der Waals surface area contributed by atoms with Crippen LogP contribution in [0.3, 0.4) is 0 Å². The minimum absolute atomic E-state index is 0.0171. The molecule has 2 amide bonds. The number of amides is 2. The number of hydrogen-bond donors (Lipinski definition) is 1. The van der Waals surface area contributed by atoms with E-state index in [9.17, 15) is 19.7 Å². The number of nitro benzene ring substituents is 1. The van der Waals surface area contributed by atoms with Gasteiger partial charge in [-0.1, -0.05) is 12.5 Å². The summed E-state index contributed by atoms with van der Waals surface area (Å²) < 4.78 is 0. The third kappa shape index (κ3) is 5.27. The standard InChI is InChI=1S/C17H23N5O4/c1-20(2)14-8-7-13(10-15(14)22(25)26)11-18-19-16(23)12-21-9-5-3-4-6-17(21)24/h7-8,10-11H,3-6,9,12H2,1-2H3,(H,19,23)/b18-11-. The maximum atomic E-state index is 11.9. The highest BCUT2D eigenvalue weighted by molar-refractivity contribution is 5.87. The van der Waals surface area contributed by atoms with Crippen LogP contribution in [-0.2, 0) is 9.59 Å². The highest BCUT2D eigenvalue weighted by atomic mass is 16.6. The summed E-state index contributed by atoms with van der Waals surface area (Å²) in [6, 6.07) is 4.69. The van der Waals surface area contributed by atoms with E-state index >= 15 is 0 Å². The quantitative estimate of drug-likeness (QED) is 0.469. The normalized spacial score (nSPS) is 15.0. The molecule has 0 radical (unpaired) electrons. The first-order valence-electron chi connectivity index (χ1n) is 8.44. The third-order valence-electron chi connectivity index (χ3n) is 4.09. The van der Waals surface area contributed by atoms with E-state index in [1.165, 1.54) is 17.2 Å². The number of nitrogens with one attached hydrogen (secondary N) is 1. The molecule has 0 atom stereocenters. The molecule has 1 saturated heterocycles. The van der Waals surface area contributed by atoms with Gasteiger partial charge in [0.2, 0.25) is 5.91 Å². The fourth-order valence-electron chi connectivity index (χ4n) is 2.74. The van der Waals surface area contributed by atoms with Crippen LogP contribution in [0.15, 0.2) is 23.3 Å². The van der Waals surface area contributed by atoms with Crippen LogP contribution < -0.4 is 10.3 Å². The molecule has 1 aromatic carbocycles. The highest BCUT2D eigenvalue weighted by Gasteiger charge is 2.19. The first-order valence-corrected chi connectivity index (χ1v) is 8.44. The van der Waals surface area contributed by atoms with Crippen molar-refractivity contribution in [3.63, 3.8) is 0 Å². The first kappa shape index (κ1) is 19.4. The molecule has 1 fully saturated rings. The summed E-state index contributed by atoms with van der Waals surface area (Å²) in [5.74, 6) is -0.410. The Morgan fingerprint density at radius 2 is 2.15 bits per heavy atom. The van der Waals surface area contributed by atoms with Crippen molar-refractivity contribution in [1.29, 1.82) is 0 Å². The summed E-state index contributed by atoms with van der Waals surface area (Å²) in [6.45, 7) is 0.546. The van der Waals surface area contributed by atoms with Crippen LogP contribution in [-0.4, -0.2) is 55.0 Å². The fraction of sp³-hybridized carbons (Fsp3) is 0.471. The van der Waals surface area contributed by atoms with Gasteiger partial charge in [0.25, 0.3) is 11.6 Å². The molecule has 1 aliphatic rings. The number of hydrazone groups is 1. The van der Waals surface area contributed by atoms with E-state index in [0.717, 1.165) is 19.3 Å². The molecule has 9 nitrogen and oxygen atoms in total. The number of nitrogens with zero attached hydrogens (tertiary/aromatic N) is 4. The maximum absolute atomic E-state index is 11.9. The number of nitro groups is 1. The van der Waals surface area contributed by atoms with Crippen LogP contribution in [0, 0.1) is 10.1 Å². The molecule has 1 N–H and O–H groups in total. The summed E-state index contributed by atoms with van der Waals surface area (Å²) in [6.07, 6.45) is 4.55. The maximum Gasteiger partial charge on any atom is 0.293 e. The number of rotatable bonds is 6. The predicted octanol–water partition coefficient (Wildman–Crippen LogP) is 1.51. The molecule has 1 aromatic rings. The molecule has 0 saturated carbocycles. The van der Waals surface area contributed by atoms with E-state index in [4.69, 9.17) is 0 Å². The summed E-state index contributed by atoms with van der Waals surface area (Å²) in [5.41, 5.74) is 3.30. The van der Waals surface area contributed by atoms with Gasteiger partial charge in [0, 0.05) is 38.7 Å². The van der Waals surface area contributed by atoms with Gasteiger partial charge in [-0.25, -0.2) is 5.43 Å². The van der Waals surface area contributed by atoms with E-state index < -0.39 is 10.8 Å². The molecule has 140 valence electrons. The van der Waals surface area contributed by atoms with Crippen molar-refractivity contribution in [2.75, 3.05) is 32.1 Å². The average molecular weight is 361 g/mol. The van der Waals surface area contributed by atoms with Gasteiger partial charge in [0.1, 0.15) is 12.2 Å². The van der Waals surface area contributed by atoms with Crippen LogP contribution in [0.2, 0.25) is 0 Å². The molecule has 2 rings (SSSR count). The van der Waals surface area contributed by atoms with Gasteiger partial charge in [0.05, 0.1) is 11.1 Å². The van der Waals surface area contributed by atoms with Crippen LogP contribution in [0.5, 0.6) is 0 Å². The lowest BCUT2D eigenvalue weighted by Gasteiger charge is -2.18. The molecule has 0 spiro atoms. The largest absolute Gasteiger partial charge is 0.372 e. The molecule has 0 aromatic heterocycles. The number of anilines is 1. The Hall–Kier alpha value is -2.97. The topological polar surface area (TPSA) is 108 Å². The van der Waals surface area contributed by atoms with Crippen molar-refractivity contribution in [3.8, 4) is 0 Å². The third-order valence-corrected chi connectivity index (χ3v) is 4.09. The number of carbonyl (C=O) groups is 2. The number of carbonyl (C=O) groups excluding carboxylic acids is 2. The van der Waals surface area contributed by atoms with Crippen LogP contribution >= 0.6 is 0 Å². The molecule has 1 heterocycles. The summed E-state index contributed by atoms with van der Waals surface area (Å²) >= 11 is 0. The Bertz CT molecular complexity index is 717. The van der Waals surface area contributed by atoms with E-state index in [1.807, 2.05) is 0 Å². The molecule has 0 unspecified atom stereocenters. The van der Waals surface area contributed by atoms with Crippen molar-refractivity contribution in [2.24, 2.45) is 5.10 Å². The monoisotopic (exact) mass is 361 g/mol. The Morgan fingerprint density at radius 3 is 2.85 bits per heavy atom. The van der Waals surface area contributed by atoms with Gasteiger partial charge in [-0.15, -0.1) is 0 Å². The molecule has 9 heteroatoms. The van der Waals surface area contributed by atoms with Crippen molar-refractivity contribution < 1.29 is 14.5 Å². The Kier molecular flexibility index (Phi) is 6.65. The second kappa shape index (κ2) is 8.93. The van der Waals surface area contributed by atoms with Crippen molar-refractivity contribution in [2.45, 2.75) is 25.7 Å². The highest BCUT2D eigenvalue weighted by Crippen LogP contribution is 2.27. The van der Waals surface area contributed by atoms with Gasteiger partial charge in [-0.05, 0) is 18.9 Å². The minimum atomic E-state index is -0.462. The fourth-order valence-corrected chi connectivity index (χ4v) is 2.74. The van der Waals surface area contributed by atoms with Gasteiger partial charge >= 0.3 is 0 Å². The molecule has 26 heavy (non-hydrogen) atoms. The second-order valence-electron chi connectivity index (χ2n) is 6.32. The number of likely N-dealkylation sites (tertiary alicyclic amines) is 1. The van der Waals surface area contributed by atoms with Gasteiger partial charge in [-0.2, -0.15) is 5.10 Å². The van der Waals surface area contributed by atoms with E-state index in [-0.39, 0.29) is 18.1 Å². The molecule has 0 bridgehead atoms. The van der Waals surface area contributed by atoms with Crippen molar-refractivity contribution in [1.82, 2.24) is 10.3 Å². The lowest BCUT2D eigenvalue weighted by molar-refractivity contribution is -0.384. The average Bonchev–Trinajstić information content (AvgIpc) is 2.79. The molecular formula is C17H23N5O4. The zero-order valence-corrected chi connectivity index (χ0v) is 15.0. The van der Waals surface area contributed by atoms with E-state index in [2.05, 4.69) is 10.5 Å². The van der Waals surface area contributed by atoms with Crippen LogP contribution in [0.25, 0.3) is 0 Å². The Balaban J connectivity index is 1.97. The summed E-state index contributed by atoms with van der Waals surface area (Å²) in [4.78, 5) is 37.7. The van der Waals surface area contributed by atoms with E-state index in [1.54, 1.807) is 31.1 Å². The summed E-state index contributed by atoms with van der Waals surface area (Å²) in [5, 5.41) is 15.0. The first-order chi connectivity index (χ1) is 12.4. The Morgan fingerprint density at radius 1 is 1.38 bits per heavy atom. The molecule has 0 aliphatic carbocycles. The Labute approximate surface area is 151 Å². The number of benzene rings is 1. The lowest BCUT2D eigenvalue weighted by Crippen LogP contribution is -2.39. The second-order valence-corrected chi connectivity index (χ2v) is 6.32. The van der Waals surface area contributed by atoms with Crippen molar-refractivity contribution >= 4 is 29.4 Å². The van der Waals surface area contributed by atoms with E-state index in [0.29, 0.717) is 24.2 Å². The zero-order valence-electron chi connectivity index (χ0n) is 15.0. The van der Waals surface area contributed by atoms with Crippen LogP contribution in [0.1, 0.15) is 31.2 Å². The number of hydrogen-bond acceptors (Lipinski definition) is 6. The molecule has 1 aliphatic heterocycles. The van der Waals surface area contributed by atoms with Gasteiger partial charge < -0.3 is 9.80 Å². The van der Waals surface area contributed by atoms with Gasteiger partial charge in [-0.3, -0.25) is 19.7 Å². The predicted molar refractivity (Wildman–Crippen MR) is 98.2 cm³/mol. The smallest absolute Gasteiger partial charge is 0.293 e. The summed E-state index contributed by atoms with van der Waals surface area (Å²) in [7, 11) is 3.45. The van der Waals surface area contributed by atoms with Crippen LogP contribution in [0.4, 0.5) is 11.4 Å². The SMILES string of the molecule is CN(C)c1ccc(/C=N\NC(=O)CN2CCCCCC2=O)cc1[N+](=O)[O-]. The minimum Gasteiger partial charge on any atom is -0.372 e. The lowest BCUT2D eigenvalue weighted by atomic mass is 10.2. The van der Waals surface area contributed by atoms with Crippen molar-refractivity contribution in [3.05, 3.63) is 33.9 Å².